The summed E-state index contributed by atoms with van der Waals surface area (Å²) in [6.45, 7) is 2.23. The molecule has 2 heterocycles. The summed E-state index contributed by atoms with van der Waals surface area (Å²) in [6.07, 6.45) is 2.78. The van der Waals surface area contributed by atoms with E-state index in [2.05, 4.69) is 21.8 Å². The number of benzene rings is 1. The van der Waals surface area contributed by atoms with Crippen molar-refractivity contribution in [2.75, 3.05) is 6.54 Å². The van der Waals surface area contributed by atoms with Gasteiger partial charge in [-0.3, -0.25) is 9.48 Å². The van der Waals surface area contributed by atoms with Gasteiger partial charge in [0, 0.05) is 25.4 Å². The fourth-order valence-corrected chi connectivity index (χ4v) is 2.57. The van der Waals surface area contributed by atoms with Crippen LogP contribution in [0, 0.1) is 0 Å². The molecule has 0 radical (unpaired) electrons. The van der Waals surface area contributed by atoms with Crippen LogP contribution in [0.25, 0.3) is 0 Å². The molecule has 0 atom stereocenters. The van der Waals surface area contributed by atoms with E-state index in [1.54, 1.807) is 4.68 Å². The first-order chi connectivity index (χ1) is 9.74. The molecule has 1 aliphatic rings. The topological polar surface area (TPSA) is 59.0 Å². The third-order valence-electron chi connectivity index (χ3n) is 3.58. The van der Waals surface area contributed by atoms with Crippen LogP contribution in [0.15, 0.2) is 30.5 Å². The standard InChI is InChI=1S/C15H18N4O/c1-19-8-6-12(18-19)10-17-15(20)14-4-2-3-11-9-16-7-5-13(11)14/h2-4,6,8,16H,5,7,9-10H2,1H3,(H,17,20). The molecule has 3 rings (SSSR count). The molecule has 1 amide bonds. The van der Waals surface area contributed by atoms with Crippen molar-refractivity contribution in [3.63, 3.8) is 0 Å². The lowest BCUT2D eigenvalue weighted by Gasteiger charge is -2.19. The largest absolute Gasteiger partial charge is 0.346 e. The molecule has 0 saturated heterocycles. The van der Waals surface area contributed by atoms with Gasteiger partial charge in [0.25, 0.3) is 5.91 Å². The highest BCUT2D eigenvalue weighted by molar-refractivity contribution is 5.96. The molecule has 20 heavy (non-hydrogen) atoms. The lowest BCUT2D eigenvalue weighted by Crippen LogP contribution is -2.29. The number of rotatable bonds is 3. The van der Waals surface area contributed by atoms with E-state index in [-0.39, 0.29) is 5.91 Å². The Morgan fingerprint density at radius 2 is 2.35 bits per heavy atom. The zero-order valence-corrected chi connectivity index (χ0v) is 11.5. The monoisotopic (exact) mass is 270 g/mol. The lowest BCUT2D eigenvalue weighted by atomic mass is 9.95. The predicted molar refractivity (Wildman–Crippen MR) is 76.2 cm³/mol. The fourth-order valence-electron chi connectivity index (χ4n) is 2.57. The Labute approximate surface area is 118 Å². The summed E-state index contributed by atoms with van der Waals surface area (Å²) in [4.78, 5) is 12.3. The predicted octanol–water partition coefficient (Wildman–Crippen LogP) is 0.996. The first-order valence-corrected chi connectivity index (χ1v) is 6.82. The van der Waals surface area contributed by atoms with E-state index in [0.717, 1.165) is 30.8 Å². The fraction of sp³-hybridized carbons (Fsp3) is 0.333. The summed E-state index contributed by atoms with van der Waals surface area (Å²) in [6, 6.07) is 7.83. The van der Waals surface area contributed by atoms with E-state index in [1.165, 1.54) is 11.1 Å². The number of hydrogen-bond acceptors (Lipinski definition) is 3. The third kappa shape index (κ3) is 2.58. The van der Waals surface area contributed by atoms with E-state index in [1.807, 2.05) is 31.4 Å². The van der Waals surface area contributed by atoms with E-state index >= 15 is 0 Å². The Morgan fingerprint density at radius 3 is 3.15 bits per heavy atom. The molecule has 1 aromatic heterocycles. The lowest BCUT2D eigenvalue weighted by molar-refractivity contribution is 0.0949. The maximum Gasteiger partial charge on any atom is 0.251 e. The first kappa shape index (κ1) is 12.9. The molecular formula is C15H18N4O. The summed E-state index contributed by atoms with van der Waals surface area (Å²) >= 11 is 0. The summed E-state index contributed by atoms with van der Waals surface area (Å²) in [5.41, 5.74) is 4.05. The highest BCUT2D eigenvalue weighted by atomic mass is 16.1. The van der Waals surface area contributed by atoms with Crippen LogP contribution < -0.4 is 10.6 Å². The van der Waals surface area contributed by atoms with Gasteiger partial charge in [-0.2, -0.15) is 5.10 Å². The average Bonchev–Trinajstić information content (AvgIpc) is 2.90. The Bertz CT molecular complexity index is 633. The van der Waals surface area contributed by atoms with Gasteiger partial charge in [-0.25, -0.2) is 0 Å². The molecule has 1 aromatic carbocycles. The molecule has 0 unspecified atom stereocenters. The Morgan fingerprint density at radius 1 is 1.45 bits per heavy atom. The number of amides is 1. The van der Waals surface area contributed by atoms with Crippen molar-refractivity contribution in [2.45, 2.75) is 19.5 Å². The van der Waals surface area contributed by atoms with Gasteiger partial charge in [-0.05, 0) is 36.2 Å². The maximum atomic E-state index is 12.3. The van der Waals surface area contributed by atoms with Crippen molar-refractivity contribution in [1.29, 1.82) is 0 Å². The van der Waals surface area contributed by atoms with Crippen LogP contribution in [-0.4, -0.2) is 22.2 Å². The molecule has 104 valence electrons. The van der Waals surface area contributed by atoms with Gasteiger partial charge in [-0.1, -0.05) is 12.1 Å². The molecule has 1 aliphatic heterocycles. The minimum Gasteiger partial charge on any atom is -0.346 e. The van der Waals surface area contributed by atoms with E-state index in [0.29, 0.717) is 6.54 Å². The second kappa shape index (κ2) is 5.46. The zero-order valence-electron chi connectivity index (χ0n) is 11.5. The van der Waals surface area contributed by atoms with Gasteiger partial charge in [0.05, 0.1) is 12.2 Å². The number of carbonyl (C=O) groups is 1. The maximum absolute atomic E-state index is 12.3. The number of aryl methyl sites for hydroxylation is 1. The van der Waals surface area contributed by atoms with Crippen molar-refractivity contribution in [3.05, 3.63) is 52.8 Å². The van der Waals surface area contributed by atoms with Gasteiger partial charge in [-0.15, -0.1) is 0 Å². The van der Waals surface area contributed by atoms with Crippen LogP contribution in [0.1, 0.15) is 27.2 Å². The first-order valence-electron chi connectivity index (χ1n) is 6.82. The highest BCUT2D eigenvalue weighted by Gasteiger charge is 2.17. The van der Waals surface area contributed by atoms with Gasteiger partial charge < -0.3 is 10.6 Å². The number of hydrogen-bond donors (Lipinski definition) is 2. The van der Waals surface area contributed by atoms with Crippen molar-refractivity contribution in [1.82, 2.24) is 20.4 Å². The van der Waals surface area contributed by atoms with Crippen molar-refractivity contribution in [3.8, 4) is 0 Å². The van der Waals surface area contributed by atoms with Crippen molar-refractivity contribution >= 4 is 5.91 Å². The van der Waals surface area contributed by atoms with Crippen molar-refractivity contribution in [2.24, 2.45) is 7.05 Å². The quantitative estimate of drug-likeness (QED) is 0.874. The summed E-state index contributed by atoms with van der Waals surface area (Å²) in [5.74, 6) is -0.0191. The summed E-state index contributed by atoms with van der Waals surface area (Å²) in [7, 11) is 1.87. The normalized spacial score (nSPS) is 13.8. The molecule has 0 fully saturated rings. The molecule has 2 N–H and O–H groups in total. The Hall–Kier alpha value is -2.14. The number of fused-ring (bicyclic) bond motifs is 1. The summed E-state index contributed by atoms with van der Waals surface area (Å²) < 4.78 is 1.73. The van der Waals surface area contributed by atoms with Crippen LogP contribution >= 0.6 is 0 Å². The molecule has 0 aliphatic carbocycles. The van der Waals surface area contributed by atoms with Crippen LogP contribution in [-0.2, 0) is 26.6 Å². The molecule has 0 spiro atoms. The minimum absolute atomic E-state index is 0.0191. The number of aromatic nitrogens is 2. The molecule has 0 saturated carbocycles. The van der Waals surface area contributed by atoms with E-state index in [4.69, 9.17) is 0 Å². The Kier molecular flexibility index (Phi) is 3.52. The van der Waals surface area contributed by atoms with Gasteiger partial charge in [0.2, 0.25) is 0 Å². The average molecular weight is 270 g/mol. The number of carbonyl (C=O) groups excluding carboxylic acids is 1. The summed E-state index contributed by atoms with van der Waals surface area (Å²) in [5, 5.41) is 10.5. The second-order valence-electron chi connectivity index (χ2n) is 5.03. The van der Waals surface area contributed by atoms with Gasteiger partial charge in [0.15, 0.2) is 0 Å². The zero-order chi connectivity index (χ0) is 13.9. The minimum atomic E-state index is -0.0191. The van der Waals surface area contributed by atoms with E-state index in [9.17, 15) is 4.79 Å². The highest BCUT2D eigenvalue weighted by Crippen LogP contribution is 2.18. The van der Waals surface area contributed by atoms with Crippen LogP contribution in [0.3, 0.4) is 0 Å². The Balaban J connectivity index is 1.74. The van der Waals surface area contributed by atoms with Crippen molar-refractivity contribution < 1.29 is 4.79 Å². The molecule has 2 aromatic rings. The SMILES string of the molecule is Cn1ccc(CNC(=O)c2cccc3c2CCNC3)n1. The number of nitrogens with one attached hydrogen (secondary N) is 2. The third-order valence-corrected chi connectivity index (χ3v) is 3.58. The molecular weight excluding hydrogens is 252 g/mol. The molecule has 5 heteroatoms. The van der Waals surface area contributed by atoms with E-state index < -0.39 is 0 Å². The van der Waals surface area contributed by atoms with Crippen LogP contribution in [0.4, 0.5) is 0 Å². The second-order valence-corrected chi connectivity index (χ2v) is 5.03. The smallest absolute Gasteiger partial charge is 0.251 e. The number of nitrogens with zero attached hydrogens (tertiary/aromatic N) is 2. The van der Waals surface area contributed by atoms with Gasteiger partial charge in [0.1, 0.15) is 0 Å². The van der Waals surface area contributed by atoms with Gasteiger partial charge >= 0.3 is 0 Å². The van der Waals surface area contributed by atoms with Crippen LogP contribution in [0.2, 0.25) is 0 Å². The van der Waals surface area contributed by atoms with Crippen LogP contribution in [0.5, 0.6) is 0 Å². The molecule has 5 nitrogen and oxygen atoms in total. The molecule has 0 bridgehead atoms.